The van der Waals surface area contributed by atoms with Crippen molar-refractivity contribution in [3.05, 3.63) is 50.4 Å². The maximum Gasteiger partial charge on any atom is 0.177 e. The van der Waals surface area contributed by atoms with Gasteiger partial charge in [0.05, 0.1) is 12.0 Å². The lowest BCUT2D eigenvalue weighted by molar-refractivity contribution is 0.0995. The van der Waals surface area contributed by atoms with Gasteiger partial charge in [-0.25, -0.2) is 4.39 Å². The molecule has 94 valence electrons. The van der Waals surface area contributed by atoms with Crippen LogP contribution in [0.3, 0.4) is 0 Å². The summed E-state index contributed by atoms with van der Waals surface area (Å²) in [5.41, 5.74) is 0.391. The minimum absolute atomic E-state index is 0.0505. The Morgan fingerprint density at radius 3 is 2.89 bits per heavy atom. The molecule has 0 spiro atoms. The summed E-state index contributed by atoms with van der Waals surface area (Å²) in [6, 6.07) is 6.25. The van der Waals surface area contributed by atoms with E-state index in [0.717, 1.165) is 4.47 Å². The maximum atomic E-state index is 13.5. The van der Waals surface area contributed by atoms with Gasteiger partial charge in [-0.15, -0.1) is 11.3 Å². The lowest BCUT2D eigenvalue weighted by atomic mass is 10.1. The number of methoxy groups -OCH3 is 1. The Morgan fingerprint density at radius 1 is 1.44 bits per heavy atom. The van der Waals surface area contributed by atoms with E-state index in [2.05, 4.69) is 15.9 Å². The van der Waals surface area contributed by atoms with Gasteiger partial charge >= 0.3 is 0 Å². The van der Waals surface area contributed by atoms with Crippen LogP contribution in [0.1, 0.15) is 15.2 Å². The second-order valence-electron chi connectivity index (χ2n) is 3.69. The molecular weight excluding hydrogens is 319 g/mol. The van der Waals surface area contributed by atoms with Crippen molar-refractivity contribution in [3.8, 4) is 5.75 Å². The fourth-order valence-corrected chi connectivity index (χ4v) is 2.71. The number of ether oxygens (including phenoxy) is 1. The van der Waals surface area contributed by atoms with Crippen LogP contribution >= 0.6 is 27.3 Å². The average Bonchev–Trinajstić information content (AvgIpc) is 2.82. The summed E-state index contributed by atoms with van der Waals surface area (Å²) in [5.74, 6) is 0.174. The van der Waals surface area contributed by atoms with Gasteiger partial charge in [-0.05, 0) is 23.8 Å². The topological polar surface area (TPSA) is 26.3 Å². The molecule has 0 aliphatic rings. The van der Waals surface area contributed by atoms with Crippen LogP contribution < -0.4 is 4.74 Å². The highest BCUT2D eigenvalue weighted by Crippen LogP contribution is 2.24. The van der Waals surface area contributed by atoms with E-state index in [1.54, 1.807) is 30.7 Å². The number of hydrogen-bond acceptors (Lipinski definition) is 3. The third kappa shape index (κ3) is 2.97. The van der Waals surface area contributed by atoms with Gasteiger partial charge in [0.2, 0.25) is 0 Å². The molecule has 0 N–H and O–H groups in total. The van der Waals surface area contributed by atoms with Crippen LogP contribution in [0.2, 0.25) is 0 Å². The first-order valence-corrected chi connectivity index (χ1v) is 6.87. The molecule has 1 aromatic carbocycles. The number of halogens is 2. The van der Waals surface area contributed by atoms with E-state index < -0.39 is 0 Å². The first-order chi connectivity index (χ1) is 8.60. The SMILES string of the molecule is COc1csc(C(=O)Cc2cc(Br)ccc2F)c1. The molecule has 2 nitrogen and oxygen atoms in total. The number of thiophene rings is 1. The Hall–Kier alpha value is -1.20. The summed E-state index contributed by atoms with van der Waals surface area (Å²) in [7, 11) is 1.55. The molecule has 1 heterocycles. The van der Waals surface area contributed by atoms with Crippen molar-refractivity contribution < 1.29 is 13.9 Å². The third-order valence-electron chi connectivity index (χ3n) is 2.44. The predicted octanol–water partition coefficient (Wildman–Crippen LogP) is 4.08. The van der Waals surface area contributed by atoms with Crippen LogP contribution in [-0.2, 0) is 6.42 Å². The Bertz CT molecular complexity index is 580. The van der Waals surface area contributed by atoms with Crippen molar-refractivity contribution in [2.24, 2.45) is 0 Å². The zero-order chi connectivity index (χ0) is 13.1. The van der Waals surface area contributed by atoms with E-state index in [4.69, 9.17) is 4.74 Å². The summed E-state index contributed by atoms with van der Waals surface area (Å²) in [4.78, 5) is 12.6. The monoisotopic (exact) mass is 328 g/mol. The van der Waals surface area contributed by atoms with Crippen LogP contribution in [-0.4, -0.2) is 12.9 Å². The molecule has 0 bridgehead atoms. The molecule has 0 radical (unpaired) electrons. The van der Waals surface area contributed by atoms with Crippen molar-refractivity contribution in [2.45, 2.75) is 6.42 Å². The molecule has 0 fully saturated rings. The van der Waals surface area contributed by atoms with Crippen LogP contribution in [0, 0.1) is 5.82 Å². The van der Waals surface area contributed by atoms with Gasteiger partial charge in [0.1, 0.15) is 11.6 Å². The molecule has 2 rings (SSSR count). The fourth-order valence-electron chi connectivity index (χ4n) is 1.51. The van der Waals surface area contributed by atoms with Gasteiger partial charge in [-0.2, -0.15) is 0 Å². The second kappa shape index (κ2) is 5.63. The quantitative estimate of drug-likeness (QED) is 0.790. The minimum Gasteiger partial charge on any atom is -0.496 e. The van der Waals surface area contributed by atoms with Gasteiger partial charge in [0, 0.05) is 22.3 Å². The fraction of sp³-hybridized carbons (Fsp3) is 0.154. The lowest BCUT2D eigenvalue weighted by Gasteiger charge is -2.02. The molecule has 5 heteroatoms. The molecule has 0 atom stereocenters. The molecule has 18 heavy (non-hydrogen) atoms. The molecule has 0 aliphatic heterocycles. The van der Waals surface area contributed by atoms with E-state index in [0.29, 0.717) is 16.2 Å². The van der Waals surface area contributed by atoms with E-state index in [9.17, 15) is 9.18 Å². The van der Waals surface area contributed by atoms with E-state index in [1.807, 2.05) is 0 Å². The number of carbonyl (C=O) groups excluding carboxylic acids is 1. The van der Waals surface area contributed by atoms with Crippen LogP contribution in [0.15, 0.2) is 34.1 Å². The Labute approximate surface area is 117 Å². The largest absolute Gasteiger partial charge is 0.496 e. The first-order valence-electron chi connectivity index (χ1n) is 5.20. The van der Waals surface area contributed by atoms with Crippen molar-refractivity contribution >= 4 is 33.0 Å². The summed E-state index contributed by atoms with van der Waals surface area (Å²) < 4.78 is 19.3. The number of hydrogen-bond donors (Lipinski definition) is 0. The zero-order valence-electron chi connectivity index (χ0n) is 9.57. The number of rotatable bonds is 4. The van der Waals surface area contributed by atoms with Crippen LogP contribution in [0.5, 0.6) is 5.75 Å². The number of Topliss-reactive ketones (excluding diaryl/α,β-unsaturated/α-hetero) is 1. The standard InChI is InChI=1S/C13H10BrFO2S/c1-17-10-6-13(18-7-10)12(16)5-8-4-9(14)2-3-11(8)15/h2-4,6-7H,5H2,1H3. The van der Waals surface area contributed by atoms with Crippen molar-refractivity contribution in [1.82, 2.24) is 0 Å². The number of ketones is 1. The molecule has 0 aliphatic carbocycles. The van der Waals surface area contributed by atoms with Gasteiger partial charge in [0.25, 0.3) is 0 Å². The molecule has 0 saturated carbocycles. The highest BCUT2D eigenvalue weighted by atomic mass is 79.9. The van der Waals surface area contributed by atoms with E-state index >= 15 is 0 Å². The summed E-state index contributed by atoms with van der Waals surface area (Å²) in [6.45, 7) is 0. The van der Waals surface area contributed by atoms with E-state index in [1.165, 1.54) is 17.4 Å². The average molecular weight is 329 g/mol. The Morgan fingerprint density at radius 2 is 2.22 bits per heavy atom. The van der Waals surface area contributed by atoms with E-state index in [-0.39, 0.29) is 18.0 Å². The lowest BCUT2D eigenvalue weighted by Crippen LogP contribution is -2.03. The third-order valence-corrected chi connectivity index (χ3v) is 3.89. The molecule has 0 saturated heterocycles. The molecular formula is C13H10BrFO2S. The highest BCUT2D eigenvalue weighted by molar-refractivity contribution is 9.10. The van der Waals surface area contributed by atoms with Crippen molar-refractivity contribution in [2.75, 3.05) is 7.11 Å². The maximum absolute atomic E-state index is 13.5. The summed E-state index contributed by atoms with van der Waals surface area (Å²) >= 11 is 4.57. The van der Waals surface area contributed by atoms with Crippen molar-refractivity contribution in [1.29, 1.82) is 0 Å². The highest BCUT2D eigenvalue weighted by Gasteiger charge is 2.13. The van der Waals surface area contributed by atoms with Crippen molar-refractivity contribution in [3.63, 3.8) is 0 Å². The molecule has 1 aromatic heterocycles. The van der Waals surface area contributed by atoms with Crippen LogP contribution in [0.4, 0.5) is 4.39 Å². The minimum atomic E-state index is -0.366. The second-order valence-corrected chi connectivity index (χ2v) is 5.51. The Kier molecular flexibility index (Phi) is 4.14. The first kappa shape index (κ1) is 13.2. The molecule has 0 amide bonds. The number of benzene rings is 1. The van der Waals surface area contributed by atoms with Gasteiger partial charge in [-0.1, -0.05) is 15.9 Å². The summed E-state index contributed by atoms with van der Waals surface area (Å²) in [5, 5.41) is 1.75. The molecule has 0 unspecified atom stereocenters. The summed E-state index contributed by atoms with van der Waals surface area (Å²) in [6.07, 6.45) is 0.0505. The van der Waals surface area contributed by atoms with Gasteiger partial charge in [0.15, 0.2) is 5.78 Å². The molecule has 2 aromatic rings. The smallest absolute Gasteiger partial charge is 0.177 e. The number of carbonyl (C=O) groups is 1. The van der Waals surface area contributed by atoms with Gasteiger partial charge in [-0.3, -0.25) is 4.79 Å². The predicted molar refractivity (Wildman–Crippen MR) is 73.0 cm³/mol. The normalized spacial score (nSPS) is 10.4. The van der Waals surface area contributed by atoms with Gasteiger partial charge < -0.3 is 4.74 Å². The Balaban J connectivity index is 2.18. The van der Waals surface area contributed by atoms with Crippen LogP contribution in [0.25, 0.3) is 0 Å². The zero-order valence-corrected chi connectivity index (χ0v) is 12.0.